The molecular formula is C13H17N5O. The molecule has 1 saturated heterocycles. The van der Waals surface area contributed by atoms with E-state index >= 15 is 0 Å². The number of aliphatic hydroxyl groups is 1. The Morgan fingerprint density at radius 3 is 2.89 bits per heavy atom. The van der Waals surface area contributed by atoms with E-state index in [-0.39, 0.29) is 6.10 Å². The highest BCUT2D eigenvalue weighted by Crippen LogP contribution is 2.24. The molecule has 19 heavy (non-hydrogen) atoms. The van der Waals surface area contributed by atoms with Crippen molar-refractivity contribution in [1.29, 1.82) is 0 Å². The minimum atomic E-state index is -0.254. The van der Waals surface area contributed by atoms with Crippen LogP contribution >= 0.6 is 0 Å². The van der Waals surface area contributed by atoms with Gasteiger partial charge in [-0.3, -0.25) is 5.10 Å². The summed E-state index contributed by atoms with van der Waals surface area (Å²) in [4.78, 5) is 11.0. The van der Waals surface area contributed by atoms with Gasteiger partial charge in [0.05, 0.1) is 17.4 Å². The molecule has 0 amide bonds. The van der Waals surface area contributed by atoms with E-state index in [0.717, 1.165) is 35.7 Å². The number of aromatic nitrogens is 4. The van der Waals surface area contributed by atoms with Gasteiger partial charge in [-0.15, -0.1) is 0 Å². The third kappa shape index (κ3) is 2.19. The average molecular weight is 259 g/mol. The number of aryl methyl sites for hydroxylation is 2. The van der Waals surface area contributed by atoms with Crippen molar-refractivity contribution >= 4 is 5.82 Å². The molecule has 0 aromatic carbocycles. The fourth-order valence-electron chi connectivity index (χ4n) is 2.48. The zero-order valence-electron chi connectivity index (χ0n) is 11.1. The summed E-state index contributed by atoms with van der Waals surface area (Å²) in [5.41, 5.74) is 2.83. The molecule has 2 aromatic heterocycles. The normalized spacial score (nSPS) is 19.1. The van der Waals surface area contributed by atoms with Gasteiger partial charge in [0.25, 0.3) is 0 Å². The summed E-state index contributed by atoms with van der Waals surface area (Å²) >= 11 is 0. The van der Waals surface area contributed by atoms with Gasteiger partial charge >= 0.3 is 0 Å². The van der Waals surface area contributed by atoms with E-state index in [4.69, 9.17) is 0 Å². The van der Waals surface area contributed by atoms with Gasteiger partial charge in [0.1, 0.15) is 5.82 Å². The number of hydrogen-bond donors (Lipinski definition) is 2. The Kier molecular flexibility index (Phi) is 2.94. The maximum Gasteiger partial charge on any atom is 0.165 e. The molecule has 100 valence electrons. The Morgan fingerprint density at radius 1 is 1.42 bits per heavy atom. The summed E-state index contributed by atoms with van der Waals surface area (Å²) in [6.45, 7) is 5.38. The first kappa shape index (κ1) is 12.1. The molecule has 3 rings (SSSR count). The van der Waals surface area contributed by atoms with Gasteiger partial charge in [-0.05, 0) is 26.3 Å². The molecule has 2 N–H and O–H groups in total. The Bertz CT molecular complexity index is 575. The molecule has 1 atom stereocenters. The maximum atomic E-state index is 9.60. The van der Waals surface area contributed by atoms with Crippen LogP contribution in [0.2, 0.25) is 0 Å². The smallest absolute Gasteiger partial charge is 0.165 e. The molecule has 1 fully saturated rings. The molecule has 0 spiro atoms. The first-order valence-electron chi connectivity index (χ1n) is 6.43. The molecule has 1 aliphatic rings. The van der Waals surface area contributed by atoms with Gasteiger partial charge in [0.15, 0.2) is 5.82 Å². The second-order valence-corrected chi connectivity index (χ2v) is 4.94. The number of β-amino-alcohol motifs (C(OH)–C–C–N with tert-alkyl or cyclic N) is 1. The maximum absolute atomic E-state index is 9.60. The number of hydrogen-bond acceptors (Lipinski definition) is 5. The molecule has 1 aliphatic heterocycles. The molecule has 6 heteroatoms. The molecule has 0 radical (unpaired) electrons. The van der Waals surface area contributed by atoms with Crippen molar-refractivity contribution in [2.24, 2.45) is 0 Å². The summed E-state index contributed by atoms with van der Waals surface area (Å²) in [5, 5.41) is 16.7. The second kappa shape index (κ2) is 4.62. The summed E-state index contributed by atoms with van der Waals surface area (Å²) in [6.07, 6.45) is 2.30. The zero-order chi connectivity index (χ0) is 13.4. The van der Waals surface area contributed by atoms with Gasteiger partial charge in [-0.2, -0.15) is 5.10 Å². The van der Waals surface area contributed by atoms with Gasteiger partial charge in [0.2, 0.25) is 0 Å². The Hall–Kier alpha value is -1.95. The Balaban J connectivity index is 1.96. The van der Waals surface area contributed by atoms with E-state index in [1.165, 1.54) is 0 Å². The standard InChI is InChI=1S/C13H17N5O/c1-8-12(9(2)17-16-8)13-14-5-3-11(15-13)18-6-4-10(19)7-18/h3,5,10,19H,4,6-7H2,1-2H3,(H,16,17)/t10-/m1/s1. The molecule has 6 nitrogen and oxygen atoms in total. The average Bonchev–Trinajstić information content (AvgIpc) is 2.97. The lowest BCUT2D eigenvalue weighted by Crippen LogP contribution is -2.22. The lowest BCUT2D eigenvalue weighted by Gasteiger charge is -2.16. The van der Waals surface area contributed by atoms with Crippen molar-refractivity contribution in [3.05, 3.63) is 23.7 Å². The van der Waals surface area contributed by atoms with E-state index < -0.39 is 0 Å². The Labute approximate surface area is 111 Å². The third-order valence-corrected chi connectivity index (χ3v) is 3.48. The summed E-state index contributed by atoms with van der Waals surface area (Å²) < 4.78 is 0. The molecule has 0 unspecified atom stereocenters. The zero-order valence-corrected chi connectivity index (χ0v) is 11.1. The number of nitrogens with zero attached hydrogens (tertiary/aromatic N) is 4. The highest BCUT2D eigenvalue weighted by molar-refractivity contribution is 5.62. The van der Waals surface area contributed by atoms with Gasteiger partial charge in [-0.1, -0.05) is 0 Å². The van der Waals surface area contributed by atoms with Crippen molar-refractivity contribution in [3.63, 3.8) is 0 Å². The van der Waals surface area contributed by atoms with E-state index in [1.807, 2.05) is 19.9 Å². The van der Waals surface area contributed by atoms with Crippen molar-refractivity contribution in [2.45, 2.75) is 26.4 Å². The van der Waals surface area contributed by atoms with Crippen LogP contribution in [0, 0.1) is 13.8 Å². The molecule has 0 bridgehead atoms. The number of aromatic amines is 1. The van der Waals surface area contributed by atoms with E-state index in [9.17, 15) is 5.11 Å². The second-order valence-electron chi connectivity index (χ2n) is 4.94. The third-order valence-electron chi connectivity index (χ3n) is 3.48. The van der Waals surface area contributed by atoms with Crippen LogP contribution in [0.5, 0.6) is 0 Å². The summed E-state index contributed by atoms with van der Waals surface area (Å²) in [7, 11) is 0. The first-order chi connectivity index (χ1) is 9.15. The fourth-order valence-corrected chi connectivity index (χ4v) is 2.48. The Morgan fingerprint density at radius 2 is 2.26 bits per heavy atom. The van der Waals surface area contributed by atoms with Crippen LogP contribution in [-0.2, 0) is 0 Å². The summed E-state index contributed by atoms with van der Waals surface area (Å²) in [5.74, 6) is 1.55. The SMILES string of the molecule is Cc1n[nH]c(C)c1-c1nccc(N2CC[C@@H](O)C2)n1. The van der Waals surface area contributed by atoms with Gasteiger partial charge in [0, 0.05) is 25.0 Å². The first-order valence-corrected chi connectivity index (χ1v) is 6.43. The quantitative estimate of drug-likeness (QED) is 0.843. The number of H-pyrrole nitrogens is 1. The van der Waals surface area contributed by atoms with Crippen molar-refractivity contribution in [2.75, 3.05) is 18.0 Å². The number of aliphatic hydroxyl groups excluding tert-OH is 1. The van der Waals surface area contributed by atoms with Crippen LogP contribution in [-0.4, -0.2) is 44.5 Å². The van der Waals surface area contributed by atoms with Crippen molar-refractivity contribution in [3.8, 4) is 11.4 Å². The number of rotatable bonds is 2. The summed E-state index contributed by atoms with van der Waals surface area (Å²) in [6, 6.07) is 1.88. The number of anilines is 1. The van der Waals surface area contributed by atoms with Crippen LogP contribution in [0.1, 0.15) is 17.8 Å². The lowest BCUT2D eigenvalue weighted by atomic mass is 10.2. The van der Waals surface area contributed by atoms with Crippen LogP contribution in [0.15, 0.2) is 12.3 Å². The van der Waals surface area contributed by atoms with Crippen LogP contribution < -0.4 is 4.90 Å². The van der Waals surface area contributed by atoms with Crippen LogP contribution in [0.3, 0.4) is 0 Å². The van der Waals surface area contributed by atoms with Crippen molar-refractivity contribution < 1.29 is 5.11 Å². The predicted molar refractivity (Wildman–Crippen MR) is 71.9 cm³/mol. The highest BCUT2D eigenvalue weighted by Gasteiger charge is 2.22. The molecule has 3 heterocycles. The van der Waals surface area contributed by atoms with E-state index in [1.54, 1.807) is 6.20 Å². The largest absolute Gasteiger partial charge is 0.391 e. The molecule has 0 saturated carbocycles. The minimum absolute atomic E-state index is 0.254. The van der Waals surface area contributed by atoms with Crippen LogP contribution in [0.4, 0.5) is 5.82 Å². The predicted octanol–water partition coefficient (Wildman–Crippen LogP) is 1.05. The monoisotopic (exact) mass is 259 g/mol. The molecule has 0 aliphatic carbocycles. The fraction of sp³-hybridized carbons (Fsp3) is 0.462. The van der Waals surface area contributed by atoms with E-state index in [0.29, 0.717) is 12.4 Å². The number of nitrogens with one attached hydrogen (secondary N) is 1. The van der Waals surface area contributed by atoms with E-state index in [2.05, 4.69) is 25.1 Å². The van der Waals surface area contributed by atoms with Gasteiger partial charge < -0.3 is 10.0 Å². The van der Waals surface area contributed by atoms with Gasteiger partial charge in [-0.25, -0.2) is 9.97 Å². The van der Waals surface area contributed by atoms with Crippen LogP contribution in [0.25, 0.3) is 11.4 Å². The molecule has 2 aromatic rings. The minimum Gasteiger partial charge on any atom is -0.391 e. The lowest BCUT2D eigenvalue weighted by molar-refractivity contribution is 0.198. The van der Waals surface area contributed by atoms with Crippen molar-refractivity contribution in [1.82, 2.24) is 20.2 Å². The molecular weight excluding hydrogens is 242 g/mol. The topological polar surface area (TPSA) is 77.9 Å². The highest BCUT2D eigenvalue weighted by atomic mass is 16.3.